The molecule has 0 aromatic heterocycles. The van der Waals surface area contributed by atoms with Gasteiger partial charge < -0.3 is 11.1 Å². The molecule has 0 bridgehead atoms. The molecular formula is C14H22N2O. The summed E-state index contributed by atoms with van der Waals surface area (Å²) in [5.41, 5.74) is 9.15. The molecule has 1 aromatic rings. The Bertz CT molecular complexity index is 386. The van der Waals surface area contributed by atoms with E-state index < -0.39 is 0 Å². The van der Waals surface area contributed by atoms with Gasteiger partial charge in [0.25, 0.3) is 0 Å². The Hall–Kier alpha value is -1.35. The number of benzene rings is 1. The third-order valence-electron chi connectivity index (χ3n) is 2.94. The molecule has 3 N–H and O–H groups in total. The van der Waals surface area contributed by atoms with Gasteiger partial charge in [0, 0.05) is 6.54 Å². The van der Waals surface area contributed by atoms with Crippen LogP contribution in [-0.4, -0.2) is 19.0 Å². The van der Waals surface area contributed by atoms with Gasteiger partial charge in [0.05, 0.1) is 6.54 Å². The summed E-state index contributed by atoms with van der Waals surface area (Å²) in [5, 5.41) is 2.79. The van der Waals surface area contributed by atoms with E-state index in [9.17, 15) is 4.79 Å². The van der Waals surface area contributed by atoms with E-state index in [-0.39, 0.29) is 12.5 Å². The van der Waals surface area contributed by atoms with Crippen LogP contribution in [0.25, 0.3) is 0 Å². The van der Waals surface area contributed by atoms with Crippen molar-refractivity contribution in [1.82, 2.24) is 5.32 Å². The van der Waals surface area contributed by atoms with Crippen LogP contribution >= 0.6 is 0 Å². The second-order valence-corrected chi connectivity index (χ2v) is 4.64. The van der Waals surface area contributed by atoms with Gasteiger partial charge in [-0.15, -0.1) is 0 Å². The largest absolute Gasteiger partial charge is 0.355 e. The molecule has 0 aliphatic heterocycles. The predicted molar refractivity (Wildman–Crippen MR) is 71.0 cm³/mol. The average molecular weight is 234 g/mol. The number of nitrogens with two attached hydrogens (primary N) is 1. The first-order valence-electron chi connectivity index (χ1n) is 6.10. The first-order valence-corrected chi connectivity index (χ1v) is 6.10. The van der Waals surface area contributed by atoms with Crippen LogP contribution in [0.4, 0.5) is 0 Å². The molecule has 0 aliphatic rings. The van der Waals surface area contributed by atoms with Crippen molar-refractivity contribution in [2.75, 3.05) is 13.1 Å². The van der Waals surface area contributed by atoms with E-state index in [2.05, 4.69) is 44.3 Å². The van der Waals surface area contributed by atoms with Crippen LogP contribution in [0.15, 0.2) is 18.2 Å². The summed E-state index contributed by atoms with van der Waals surface area (Å²) in [7, 11) is 0. The number of hydrogen-bond donors (Lipinski definition) is 2. The van der Waals surface area contributed by atoms with Crippen molar-refractivity contribution in [2.24, 2.45) is 5.73 Å². The van der Waals surface area contributed by atoms with Crippen molar-refractivity contribution >= 4 is 5.91 Å². The molecule has 0 aliphatic carbocycles. The molecule has 0 heterocycles. The van der Waals surface area contributed by atoms with E-state index in [0.29, 0.717) is 12.5 Å². The first-order chi connectivity index (χ1) is 8.04. The minimum atomic E-state index is -0.0948. The summed E-state index contributed by atoms with van der Waals surface area (Å²) < 4.78 is 0. The highest BCUT2D eigenvalue weighted by molar-refractivity contribution is 5.77. The van der Waals surface area contributed by atoms with Gasteiger partial charge in [-0.1, -0.05) is 32.0 Å². The standard InChI is InChI=1S/C14H22N2O/c1-10(2)12-5-4-11(3)13(8-12)6-7-16-14(17)9-15/h4-5,8,10H,6-7,9,15H2,1-3H3,(H,16,17). The topological polar surface area (TPSA) is 55.1 Å². The van der Waals surface area contributed by atoms with Gasteiger partial charge in [-0.05, 0) is 36.0 Å². The first kappa shape index (κ1) is 13.7. The van der Waals surface area contributed by atoms with Gasteiger partial charge in [0.2, 0.25) is 5.91 Å². The van der Waals surface area contributed by atoms with Gasteiger partial charge in [-0.2, -0.15) is 0 Å². The SMILES string of the molecule is Cc1ccc(C(C)C)cc1CCNC(=O)CN. The van der Waals surface area contributed by atoms with Crippen molar-refractivity contribution in [3.8, 4) is 0 Å². The van der Waals surface area contributed by atoms with Crippen molar-refractivity contribution < 1.29 is 4.79 Å². The number of rotatable bonds is 5. The molecule has 3 heteroatoms. The Morgan fingerprint density at radius 2 is 2.12 bits per heavy atom. The maximum Gasteiger partial charge on any atom is 0.233 e. The monoisotopic (exact) mass is 234 g/mol. The van der Waals surface area contributed by atoms with E-state index in [0.717, 1.165) is 6.42 Å². The molecular weight excluding hydrogens is 212 g/mol. The van der Waals surface area contributed by atoms with Gasteiger partial charge in [0.1, 0.15) is 0 Å². The average Bonchev–Trinajstić information content (AvgIpc) is 2.30. The number of amides is 1. The molecule has 3 nitrogen and oxygen atoms in total. The lowest BCUT2D eigenvalue weighted by atomic mass is 9.96. The number of nitrogens with one attached hydrogen (secondary N) is 1. The number of hydrogen-bond acceptors (Lipinski definition) is 2. The lowest BCUT2D eigenvalue weighted by Gasteiger charge is -2.11. The van der Waals surface area contributed by atoms with Crippen LogP contribution in [0.3, 0.4) is 0 Å². The lowest BCUT2D eigenvalue weighted by molar-refractivity contribution is -0.119. The Kier molecular flexibility index (Phi) is 5.16. The molecule has 94 valence electrons. The third-order valence-corrected chi connectivity index (χ3v) is 2.94. The zero-order valence-corrected chi connectivity index (χ0v) is 10.9. The van der Waals surface area contributed by atoms with Crippen molar-refractivity contribution in [3.63, 3.8) is 0 Å². The molecule has 1 aromatic carbocycles. The van der Waals surface area contributed by atoms with Gasteiger partial charge in [-0.25, -0.2) is 0 Å². The van der Waals surface area contributed by atoms with E-state index in [1.165, 1.54) is 16.7 Å². The number of carbonyl (C=O) groups excluding carboxylic acids is 1. The highest BCUT2D eigenvalue weighted by Crippen LogP contribution is 2.18. The molecule has 1 rings (SSSR count). The highest BCUT2D eigenvalue weighted by Gasteiger charge is 2.04. The van der Waals surface area contributed by atoms with Gasteiger partial charge in [-0.3, -0.25) is 4.79 Å². The zero-order valence-electron chi connectivity index (χ0n) is 10.9. The van der Waals surface area contributed by atoms with Crippen LogP contribution in [0.5, 0.6) is 0 Å². The normalized spacial score (nSPS) is 10.6. The Balaban J connectivity index is 2.63. The molecule has 0 saturated heterocycles. The number of carbonyl (C=O) groups is 1. The minimum Gasteiger partial charge on any atom is -0.355 e. The summed E-state index contributed by atoms with van der Waals surface area (Å²) in [6, 6.07) is 6.55. The molecule has 0 saturated carbocycles. The molecule has 0 fully saturated rings. The van der Waals surface area contributed by atoms with E-state index >= 15 is 0 Å². The predicted octanol–water partition coefficient (Wildman–Crippen LogP) is 1.74. The molecule has 1 amide bonds. The second-order valence-electron chi connectivity index (χ2n) is 4.64. The van der Waals surface area contributed by atoms with Crippen LogP contribution in [0.2, 0.25) is 0 Å². The molecule has 17 heavy (non-hydrogen) atoms. The zero-order chi connectivity index (χ0) is 12.8. The van der Waals surface area contributed by atoms with Crippen molar-refractivity contribution in [2.45, 2.75) is 33.1 Å². The second kappa shape index (κ2) is 6.40. The fourth-order valence-corrected chi connectivity index (χ4v) is 1.73. The van der Waals surface area contributed by atoms with E-state index in [1.54, 1.807) is 0 Å². The lowest BCUT2D eigenvalue weighted by Crippen LogP contribution is -2.31. The van der Waals surface area contributed by atoms with E-state index in [4.69, 9.17) is 5.73 Å². The van der Waals surface area contributed by atoms with Crippen molar-refractivity contribution in [3.05, 3.63) is 34.9 Å². The highest BCUT2D eigenvalue weighted by atomic mass is 16.1. The van der Waals surface area contributed by atoms with Gasteiger partial charge in [0.15, 0.2) is 0 Å². The Labute approximate surface area is 103 Å². The quantitative estimate of drug-likeness (QED) is 0.815. The van der Waals surface area contributed by atoms with Crippen LogP contribution in [-0.2, 0) is 11.2 Å². The summed E-state index contributed by atoms with van der Waals surface area (Å²) in [6.45, 7) is 7.18. The summed E-state index contributed by atoms with van der Waals surface area (Å²) in [4.78, 5) is 11.0. The molecule has 0 atom stereocenters. The maximum absolute atomic E-state index is 11.0. The molecule has 0 spiro atoms. The minimum absolute atomic E-state index is 0.0605. The van der Waals surface area contributed by atoms with Crippen LogP contribution in [0, 0.1) is 6.92 Å². The fourth-order valence-electron chi connectivity index (χ4n) is 1.73. The third kappa shape index (κ3) is 4.19. The van der Waals surface area contributed by atoms with Crippen LogP contribution in [0.1, 0.15) is 36.5 Å². The van der Waals surface area contributed by atoms with E-state index in [1.807, 2.05) is 0 Å². The maximum atomic E-state index is 11.0. The van der Waals surface area contributed by atoms with Gasteiger partial charge >= 0.3 is 0 Å². The summed E-state index contributed by atoms with van der Waals surface area (Å²) in [6.07, 6.45) is 0.859. The Morgan fingerprint density at radius 3 is 2.71 bits per heavy atom. The molecule has 0 radical (unpaired) electrons. The Morgan fingerprint density at radius 1 is 1.41 bits per heavy atom. The number of aryl methyl sites for hydroxylation is 1. The summed E-state index contributed by atoms with van der Waals surface area (Å²) in [5.74, 6) is 0.440. The smallest absolute Gasteiger partial charge is 0.233 e. The fraction of sp³-hybridized carbons (Fsp3) is 0.500. The molecule has 0 unspecified atom stereocenters. The van der Waals surface area contributed by atoms with Crippen LogP contribution < -0.4 is 11.1 Å². The van der Waals surface area contributed by atoms with Crippen molar-refractivity contribution in [1.29, 1.82) is 0 Å². The summed E-state index contributed by atoms with van der Waals surface area (Å²) >= 11 is 0.